The van der Waals surface area contributed by atoms with Crippen LogP contribution in [-0.2, 0) is 11.2 Å². The summed E-state index contributed by atoms with van der Waals surface area (Å²) in [5.74, 6) is 0.863. The van der Waals surface area contributed by atoms with Crippen LogP contribution in [0, 0.1) is 0 Å². The van der Waals surface area contributed by atoms with E-state index in [0.717, 1.165) is 5.75 Å². The summed E-state index contributed by atoms with van der Waals surface area (Å²) in [5.41, 5.74) is 1.39. The van der Waals surface area contributed by atoms with Crippen LogP contribution in [0.1, 0.15) is 57.4 Å². The Morgan fingerprint density at radius 3 is 2.29 bits per heavy atom. The highest BCUT2D eigenvalue weighted by Crippen LogP contribution is 2.15. The van der Waals surface area contributed by atoms with Crippen molar-refractivity contribution in [2.24, 2.45) is 0 Å². The second kappa shape index (κ2) is 12.5. The van der Waals surface area contributed by atoms with Crippen LogP contribution in [0.15, 0.2) is 36.9 Å². The van der Waals surface area contributed by atoms with Gasteiger partial charge in [-0.2, -0.15) is 0 Å². The molecule has 0 aliphatic heterocycles. The maximum Gasteiger partial charge on any atom is 0.189 e. The van der Waals surface area contributed by atoms with Gasteiger partial charge in [0, 0.05) is 0 Å². The Hall–Kier alpha value is -1.28. The third-order valence-electron chi connectivity index (χ3n) is 3.54. The molecule has 0 N–H and O–H groups in total. The molecule has 21 heavy (non-hydrogen) atoms. The number of ether oxygens (including phenoxy) is 2. The summed E-state index contributed by atoms with van der Waals surface area (Å²) in [6.07, 6.45) is 12.4. The van der Waals surface area contributed by atoms with Crippen LogP contribution in [0.3, 0.4) is 0 Å². The first-order valence-corrected chi connectivity index (χ1v) is 8.27. The van der Waals surface area contributed by atoms with Gasteiger partial charge in [-0.3, -0.25) is 0 Å². The first-order chi connectivity index (χ1) is 10.4. The van der Waals surface area contributed by atoms with Crippen LogP contribution >= 0.6 is 0 Å². The van der Waals surface area contributed by atoms with Crippen molar-refractivity contribution in [2.45, 2.75) is 58.3 Å². The van der Waals surface area contributed by atoms with E-state index in [1.165, 1.54) is 56.9 Å². The van der Waals surface area contributed by atoms with Crippen molar-refractivity contribution in [3.63, 3.8) is 0 Å². The highest BCUT2D eigenvalue weighted by Gasteiger charge is 1.97. The first kappa shape index (κ1) is 17.8. The van der Waals surface area contributed by atoms with Gasteiger partial charge in [0.1, 0.15) is 5.75 Å². The van der Waals surface area contributed by atoms with Gasteiger partial charge in [0.05, 0.1) is 6.61 Å². The maximum atomic E-state index is 5.47. The summed E-state index contributed by atoms with van der Waals surface area (Å²) < 4.78 is 10.7. The van der Waals surface area contributed by atoms with Gasteiger partial charge in [0.15, 0.2) is 6.79 Å². The fraction of sp³-hybridized carbons (Fsp3) is 0.579. The van der Waals surface area contributed by atoms with Crippen molar-refractivity contribution in [2.75, 3.05) is 13.4 Å². The van der Waals surface area contributed by atoms with E-state index >= 15 is 0 Å². The molecule has 118 valence electrons. The molecule has 1 rings (SSSR count). The van der Waals surface area contributed by atoms with Crippen molar-refractivity contribution in [1.82, 2.24) is 0 Å². The number of unbranched alkanes of at least 4 members (excludes halogenated alkanes) is 6. The van der Waals surface area contributed by atoms with Crippen molar-refractivity contribution in [1.29, 1.82) is 0 Å². The van der Waals surface area contributed by atoms with E-state index in [9.17, 15) is 0 Å². The Morgan fingerprint density at radius 1 is 0.952 bits per heavy atom. The molecule has 0 saturated heterocycles. The average Bonchev–Trinajstić information content (AvgIpc) is 2.52. The van der Waals surface area contributed by atoms with E-state index in [-0.39, 0.29) is 6.79 Å². The lowest BCUT2D eigenvalue weighted by atomic mass is 10.0. The van der Waals surface area contributed by atoms with Gasteiger partial charge in [-0.15, -0.1) is 6.58 Å². The van der Waals surface area contributed by atoms with Gasteiger partial charge in [0.25, 0.3) is 0 Å². The van der Waals surface area contributed by atoms with Crippen LogP contribution in [0.25, 0.3) is 0 Å². The third kappa shape index (κ3) is 9.30. The van der Waals surface area contributed by atoms with E-state index in [1.54, 1.807) is 6.08 Å². The van der Waals surface area contributed by atoms with Crippen molar-refractivity contribution < 1.29 is 9.47 Å². The van der Waals surface area contributed by atoms with Crippen LogP contribution in [0.5, 0.6) is 5.75 Å². The fourth-order valence-corrected chi connectivity index (χ4v) is 2.28. The molecule has 0 bridgehead atoms. The van der Waals surface area contributed by atoms with Crippen LogP contribution in [-0.4, -0.2) is 13.4 Å². The third-order valence-corrected chi connectivity index (χ3v) is 3.54. The van der Waals surface area contributed by atoms with Gasteiger partial charge in [-0.1, -0.05) is 63.7 Å². The zero-order valence-electron chi connectivity index (χ0n) is 13.5. The molecule has 0 amide bonds. The number of hydrogen-bond acceptors (Lipinski definition) is 2. The smallest absolute Gasteiger partial charge is 0.189 e. The molecule has 0 aliphatic carbocycles. The minimum Gasteiger partial charge on any atom is -0.468 e. The van der Waals surface area contributed by atoms with Crippen molar-refractivity contribution in [3.05, 3.63) is 42.5 Å². The number of hydrogen-bond donors (Lipinski definition) is 0. The molecular formula is C19H30O2. The molecule has 1 aromatic carbocycles. The van der Waals surface area contributed by atoms with Gasteiger partial charge < -0.3 is 9.47 Å². The molecule has 0 heterocycles. The molecule has 2 heteroatoms. The molecule has 0 fully saturated rings. The van der Waals surface area contributed by atoms with Gasteiger partial charge in [-0.05, 0) is 30.5 Å². The van der Waals surface area contributed by atoms with E-state index in [1.807, 2.05) is 12.1 Å². The Balaban J connectivity index is 2.09. The summed E-state index contributed by atoms with van der Waals surface area (Å²) in [6.45, 7) is 6.66. The zero-order valence-corrected chi connectivity index (χ0v) is 13.5. The lowest BCUT2D eigenvalue weighted by Crippen LogP contribution is -2.02. The molecule has 0 radical (unpaired) electrons. The zero-order chi connectivity index (χ0) is 15.2. The summed E-state index contributed by atoms with van der Waals surface area (Å²) in [5, 5.41) is 0. The van der Waals surface area contributed by atoms with E-state index in [4.69, 9.17) is 9.47 Å². The minimum absolute atomic E-state index is 0.281. The summed E-state index contributed by atoms with van der Waals surface area (Å²) in [4.78, 5) is 0. The van der Waals surface area contributed by atoms with Crippen molar-refractivity contribution in [3.8, 4) is 5.75 Å². The Kier molecular flexibility index (Phi) is 10.5. The van der Waals surface area contributed by atoms with E-state index < -0.39 is 0 Å². The number of benzene rings is 1. The highest BCUT2D eigenvalue weighted by atomic mass is 16.7. The second-order valence-electron chi connectivity index (χ2n) is 5.44. The Bertz CT molecular complexity index is 356. The topological polar surface area (TPSA) is 18.5 Å². The molecule has 0 unspecified atom stereocenters. The van der Waals surface area contributed by atoms with Crippen LogP contribution in [0.4, 0.5) is 0 Å². The molecule has 2 nitrogen and oxygen atoms in total. The fourth-order valence-electron chi connectivity index (χ4n) is 2.28. The standard InChI is InChI=1S/C19H30O2/c1-3-5-6-7-8-9-10-11-18-12-14-19(15-13-18)21-17-20-16-4-2/h4,12-15H,2-3,5-11,16-17H2,1H3. The molecule has 0 atom stereocenters. The van der Waals surface area contributed by atoms with E-state index in [2.05, 4.69) is 25.6 Å². The molecule has 0 aromatic heterocycles. The second-order valence-corrected chi connectivity index (χ2v) is 5.44. The first-order valence-electron chi connectivity index (χ1n) is 8.27. The average molecular weight is 290 g/mol. The van der Waals surface area contributed by atoms with Crippen LogP contribution < -0.4 is 4.74 Å². The molecule has 0 saturated carbocycles. The molecule has 0 aliphatic rings. The molecule has 0 spiro atoms. The summed E-state index contributed by atoms with van der Waals surface area (Å²) in [7, 11) is 0. The van der Waals surface area contributed by atoms with E-state index in [0.29, 0.717) is 6.61 Å². The predicted octanol–water partition coefficient (Wildman–Crippen LogP) is 5.52. The summed E-state index contributed by atoms with van der Waals surface area (Å²) in [6, 6.07) is 8.35. The lowest BCUT2D eigenvalue weighted by molar-refractivity contribution is 0.0307. The number of rotatable bonds is 13. The predicted molar refractivity (Wildman–Crippen MR) is 89.8 cm³/mol. The molecular weight excluding hydrogens is 260 g/mol. The Morgan fingerprint density at radius 2 is 1.62 bits per heavy atom. The SMILES string of the molecule is C=CCOCOc1ccc(CCCCCCCCC)cc1. The Labute approximate surface area is 130 Å². The minimum atomic E-state index is 0.281. The van der Waals surface area contributed by atoms with Gasteiger partial charge in [0.2, 0.25) is 0 Å². The lowest BCUT2D eigenvalue weighted by Gasteiger charge is -2.07. The molecule has 1 aromatic rings. The normalized spacial score (nSPS) is 10.5. The van der Waals surface area contributed by atoms with Crippen LogP contribution in [0.2, 0.25) is 0 Å². The number of aryl methyl sites for hydroxylation is 1. The van der Waals surface area contributed by atoms with Gasteiger partial charge in [-0.25, -0.2) is 0 Å². The monoisotopic (exact) mass is 290 g/mol. The summed E-state index contributed by atoms with van der Waals surface area (Å²) >= 11 is 0. The largest absolute Gasteiger partial charge is 0.468 e. The maximum absolute atomic E-state index is 5.47. The van der Waals surface area contributed by atoms with Gasteiger partial charge >= 0.3 is 0 Å². The highest BCUT2D eigenvalue weighted by molar-refractivity contribution is 5.27. The van der Waals surface area contributed by atoms with Crippen molar-refractivity contribution >= 4 is 0 Å². The quantitative estimate of drug-likeness (QED) is 0.270.